The number of pyridine rings is 1. The van der Waals surface area contributed by atoms with Crippen LogP contribution in [0.5, 0.6) is 0 Å². The summed E-state index contributed by atoms with van der Waals surface area (Å²) in [5.74, 6) is 1.02. The Bertz CT molecular complexity index is 741. The first kappa shape index (κ1) is 17.3. The van der Waals surface area contributed by atoms with Crippen LogP contribution in [0.15, 0.2) is 24.5 Å². The Hall–Kier alpha value is -2.57. The van der Waals surface area contributed by atoms with Crippen LogP contribution in [0, 0.1) is 6.92 Å². The van der Waals surface area contributed by atoms with Crippen molar-refractivity contribution in [3.8, 4) is 0 Å². The SMILES string of the molecule is Cc1cc(NC(=O)NCc2ccnn2C)cnc1N1CCCCC1C. The summed E-state index contributed by atoms with van der Waals surface area (Å²) >= 11 is 0. The normalized spacial score (nSPS) is 17.4. The van der Waals surface area contributed by atoms with Gasteiger partial charge >= 0.3 is 6.03 Å². The van der Waals surface area contributed by atoms with Crippen molar-refractivity contribution < 1.29 is 4.79 Å². The lowest BCUT2D eigenvalue weighted by atomic mass is 10.0. The Morgan fingerprint density at radius 2 is 2.24 bits per heavy atom. The lowest BCUT2D eigenvalue weighted by Crippen LogP contribution is -2.38. The third-order valence-corrected chi connectivity index (χ3v) is 4.74. The molecule has 1 aliphatic rings. The van der Waals surface area contributed by atoms with Crippen LogP contribution in [0.2, 0.25) is 0 Å². The molecule has 0 aromatic carbocycles. The quantitative estimate of drug-likeness (QED) is 0.896. The van der Waals surface area contributed by atoms with E-state index in [1.807, 2.05) is 26.1 Å². The fourth-order valence-electron chi connectivity index (χ4n) is 3.27. The average Bonchev–Trinajstić information content (AvgIpc) is 2.99. The highest BCUT2D eigenvalue weighted by atomic mass is 16.2. The number of hydrogen-bond acceptors (Lipinski definition) is 4. The summed E-state index contributed by atoms with van der Waals surface area (Å²) in [6, 6.07) is 4.12. The minimum Gasteiger partial charge on any atom is -0.354 e. The van der Waals surface area contributed by atoms with Crippen molar-refractivity contribution in [2.75, 3.05) is 16.8 Å². The number of carbonyl (C=O) groups excluding carboxylic acids is 1. The standard InChI is InChI=1S/C18H26N6O/c1-13-10-15(11-19-17(13)24-9-5-4-6-14(24)2)22-18(25)20-12-16-7-8-21-23(16)3/h7-8,10-11,14H,4-6,9,12H2,1-3H3,(H2,20,22,25). The lowest BCUT2D eigenvalue weighted by Gasteiger charge is -2.35. The molecule has 0 radical (unpaired) electrons. The van der Waals surface area contributed by atoms with Crippen LogP contribution in [-0.4, -0.2) is 33.4 Å². The van der Waals surface area contributed by atoms with E-state index >= 15 is 0 Å². The minimum atomic E-state index is -0.249. The molecule has 134 valence electrons. The van der Waals surface area contributed by atoms with Crippen LogP contribution in [0.3, 0.4) is 0 Å². The number of nitrogens with zero attached hydrogens (tertiary/aromatic N) is 4. The highest BCUT2D eigenvalue weighted by molar-refractivity contribution is 5.89. The van der Waals surface area contributed by atoms with Gasteiger partial charge in [0.2, 0.25) is 0 Å². The van der Waals surface area contributed by atoms with Crippen LogP contribution in [0.25, 0.3) is 0 Å². The maximum Gasteiger partial charge on any atom is 0.319 e. The molecular formula is C18H26N6O. The molecule has 0 saturated carbocycles. The van der Waals surface area contributed by atoms with E-state index in [4.69, 9.17) is 0 Å². The lowest BCUT2D eigenvalue weighted by molar-refractivity contribution is 0.251. The molecule has 2 aromatic heterocycles. The van der Waals surface area contributed by atoms with E-state index in [9.17, 15) is 4.79 Å². The van der Waals surface area contributed by atoms with Gasteiger partial charge in [-0.15, -0.1) is 0 Å². The fraction of sp³-hybridized carbons (Fsp3) is 0.500. The Labute approximate surface area is 148 Å². The highest BCUT2D eigenvalue weighted by Crippen LogP contribution is 2.27. The van der Waals surface area contributed by atoms with Crippen LogP contribution in [0.1, 0.15) is 37.4 Å². The molecule has 1 atom stereocenters. The Kier molecular flexibility index (Phi) is 5.21. The number of aryl methyl sites for hydroxylation is 2. The molecule has 7 nitrogen and oxygen atoms in total. The molecule has 25 heavy (non-hydrogen) atoms. The molecule has 3 rings (SSSR count). The Morgan fingerprint density at radius 3 is 2.92 bits per heavy atom. The zero-order valence-corrected chi connectivity index (χ0v) is 15.1. The van der Waals surface area contributed by atoms with Crippen molar-refractivity contribution in [2.24, 2.45) is 7.05 Å². The van der Waals surface area contributed by atoms with Crippen LogP contribution in [0.4, 0.5) is 16.3 Å². The highest BCUT2D eigenvalue weighted by Gasteiger charge is 2.21. The first-order valence-corrected chi connectivity index (χ1v) is 8.79. The molecule has 2 N–H and O–H groups in total. The van der Waals surface area contributed by atoms with Gasteiger partial charge < -0.3 is 15.5 Å². The fourth-order valence-corrected chi connectivity index (χ4v) is 3.27. The van der Waals surface area contributed by atoms with E-state index in [-0.39, 0.29) is 6.03 Å². The van der Waals surface area contributed by atoms with Crippen LogP contribution >= 0.6 is 0 Å². The van der Waals surface area contributed by atoms with Gasteiger partial charge in [-0.3, -0.25) is 4.68 Å². The molecule has 1 saturated heterocycles. The first-order valence-electron chi connectivity index (χ1n) is 8.79. The Morgan fingerprint density at radius 1 is 1.40 bits per heavy atom. The molecule has 0 spiro atoms. The van der Waals surface area contributed by atoms with Gasteiger partial charge in [0.25, 0.3) is 0 Å². The second-order valence-electron chi connectivity index (χ2n) is 6.66. The molecule has 1 unspecified atom stereocenters. The predicted molar refractivity (Wildman–Crippen MR) is 98.7 cm³/mol. The van der Waals surface area contributed by atoms with Crippen molar-refractivity contribution in [1.29, 1.82) is 0 Å². The first-order chi connectivity index (χ1) is 12.0. The molecule has 1 aliphatic heterocycles. The van der Waals surface area contributed by atoms with Gasteiger partial charge in [-0.05, 0) is 50.8 Å². The predicted octanol–water partition coefficient (Wildman–Crippen LogP) is 2.82. The molecule has 3 heterocycles. The topological polar surface area (TPSA) is 75.1 Å². The molecular weight excluding hydrogens is 316 g/mol. The zero-order chi connectivity index (χ0) is 17.8. The number of rotatable bonds is 4. The summed E-state index contributed by atoms with van der Waals surface area (Å²) in [4.78, 5) is 19.0. The van der Waals surface area contributed by atoms with Crippen molar-refractivity contribution >= 4 is 17.5 Å². The van der Waals surface area contributed by atoms with E-state index in [1.165, 1.54) is 19.3 Å². The van der Waals surface area contributed by atoms with Gasteiger partial charge in [0.1, 0.15) is 5.82 Å². The summed E-state index contributed by atoms with van der Waals surface area (Å²) in [5.41, 5.74) is 2.73. The smallest absolute Gasteiger partial charge is 0.319 e. The van der Waals surface area contributed by atoms with Crippen molar-refractivity contribution in [3.63, 3.8) is 0 Å². The number of piperidine rings is 1. The largest absolute Gasteiger partial charge is 0.354 e. The van der Waals surface area contributed by atoms with E-state index < -0.39 is 0 Å². The van der Waals surface area contributed by atoms with Crippen molar-refractivity contribution in [1.82, 2.24) is 20.1 Å². The van der Waals surface area contributed by atoms with Gasteiger partial charge in [-0.1, -0.05) is 0 Å². The summed E-state index contributed by atoms with van der Waals surface area (Å²) in [6.45, 7) is 5.77. The number of nitrogens with one attached hydrogen (secondary N) is 2. The molecule has 1 fully saturated rings. The van der Waals surface area contributed by atoms with Gasteiger partial charge in [0.15, 0.2) is 0 Å². The van der Waals surface area contributed by atoms with E-state index in [0.717, 1.165) is 23.6 Å². The molecule has 0 bridgehead atoms. The third-order valence-electron chi connectivity index (χ3n) is 4.74. The maximum absolute atomic E-state index is 12.1. The second-order valence-corrected chi connectivity index (χ2v) is 6.66. The van der Waals surface area contributed by atoms with Gasteiger partial charge in [-0.2, -0.15) is 5.10 Å². The average molecular weight is 342 g/mol. The molecule has 0 aliphatic carbocycles. The maximum atomic E-state index is 12.1. The summed E-state index contributed by atoms with van der Waals surface area (Å²) in [7, 11) is 1.85. The number of aromatic nitrogens is 3. The monoisotopic (exact) mass is 342 g/mol. The summed E-state index contributed by atoms with van der Waals surface area (Å²) in [6.07, 6.45) is 7.14. The molecule has 2 amide bonds. The van der Waals surface area contributed by atoms with Crippen LogP contribution < -0.4 is 15.5 Å². The van der Waals surface area contributed by atoms with E-state index in [2.05, 4.69) is 32.5 Å². The van der Waals surface area contributed by atoms with Crippen molar-refractivity contribution in [2.45, 2.75) is 45.7 Å². The van der Waals surface area contributed by atoms with E-state index in [1.54, 1.807) is 17.1 Å². The minimum absolute atomic E-state index is 0.249. The summed E-state index contributed by atoms with van der Waals surface area (Å²) in [5, 5.41) is 9.76. The molecule has 7 heteroatoms. The van der Waals surface area contributed by atoms with E-state index in [0.29, 0.717) is 18.3 Å². The van der Waals surface area contributed by atoms with Gasteiger partial charge in [0.05, 0.1) is 24.1 Å². The number of hydrogen-bond donors (Lipinski definition) is 2. The third kappa shape index (κ3) is 4.10. The van der Waals surface area contributed by atoms with Gasteiger partial charge in [-0.25, -0.2) is 9.78 Å². The second kappa shape index (κ2) is 7.55. The number of urea groups is 1. The Balaban J connectivity index is 1.60. The number of anilines is 2. The zero-order valence-electron chi connectivity index (χ0n) is 15.1. The molecule has 2 aromatic rings. The van der Waals surface area contributed by atoms with Crippen molar-refractivity contribution in [3.05, 3.63) is 35.8 Å². The summed E-state index contributed by atoms with van der Waals surface area (Å²) < 4.78 is 1.74. The van der Waals surface area contributed by atoms with Crippen LogP contribution in [-0.2, 0) is 13.6 Å². The van der Waals surface area contributed by atoms with Gasteiger partial charge in [0, 0.05) is 25.8 Å². The number of amides is 2. The number of carbonyl (C=O) groups is 1.